The Hall–Kier alpha value is -1.36. The molecule has 1 heterocycles. The predicted octanol–water partition coefficient (Wildman–Crippen LogP) is 1.25. The first-order valence-electron chi connectivity index (χ1n) is 5.65. The van der Waals surface area contributed by atoms with Gasteiger partial charge in [-0.2, -0.15) is 4.98 Å². The van der Waals surface area contributed by atoms with Crippen LogP contribution >= 0.6 is 0 Å². The van der Waals surface area contributed by atoms with Crippen molar-refractivity contribution in [2.75, 3.05) is 26.3 Å². The van der Waals surface area contributed by atoms with Gasteiger partial charge in [0.2, 0.25) is 11.8 Å². The van der Waals surface area contributed by atoms with E-state index in [4.69, 9.17) is 9.47 Å². The van der Waals surface area contributed by atoms with Crippen LogP contribution in [-0.2, 0) is 0 Å². The summed E-state index contributed by atoms with van der Waals surface area (Å²) in [6.45, 7) is 7.07. The monoisotopic (exact) mass is 225 g/mol. The Bertz CT molecular complexity index is 294. The minimum absolute atomic E-state index is 0.506. The fourth-order valence-corrected chi connectivity index (χ4v) is 1.08. The molecule has 0 amide bonds. The van der Waals surface area contributed by atoms with Crippen LogP contribution in [0.5, 0.6) is 11.8 Å². The van der Waals surface area contributed by atoms with Gasteiger partial charge in [-0.05, 0) is 13.0 Å². The Balaban J connectivity index is 2.35. The number of ether oxygens (including phenoxy) is 2. The molecule has 0 atom stereocenters. The Labute approximate surface area is 96.2 Å². The van der Waals surface area contributed by atoms with Crippen LogP contribution in [0.1, 0.15) is 20.3 Å². The van der Waals surface area contributed by atoms with E-state index in [1.807, 2.05) is 6.92 Å². The number of aromatic nitrogens is 2. The van der Waals surface area contributed by atoms with E-state index >= 15 is 0 Å². The van der Waals surface area contributed by atoms with Gasteiger partial charge in [0.15, 0.2) is 0 Å². The average Bonchev–Trinajstić information content (AvgIpc) is 2.33. The molecule has 1 rings (SSSR count). The summed E-state index contributed by atoms with van der Waals surface area (Å²) in [6.07, 6.45) is 4.13. The molecule has 1 aromatic heterocycles. The van der Waals surface area contributed by atoms with Crippen molar-refractivity contribution in [3.8, 4) is 11.8 Å². The van der Waals surface area contributed by atoms with E-state index in [9.17, 15) is 0 Å². The molecule has 0 aromatic carbocycles. The summed E-state index contributed by atoms with van der Waals surface area (Å²) in [5, 5.41) is 3.16. The molecule has 0 saturated carbocycles. The molecule has 5 heteroatoms. The maximum Gasteiger partial charge on any atom is 0.235 e. The number of nitrogens with zero attached hydrogens (tertiary/aromatic N) is 2. The number of likely N-dealkylation sites (N-methyl/N-ethyl adjacent to an activating group) is 1. The van der Waals surface area contributed by atoms with E-state index in [-0.39, 0.29) is 0 Å². The van der Waals surface area contributed by atoms with E-state index < -0.39 is 0 Å². The van der Waals surface area contributed by atoms with Crippen LogP contribution < -0.4 is 14.8 Å². The summed E-state index contributed by atoms with van der Waals surface area (Å²) >= 11 is 0. The van der Waals surface area contributed by atoms with Gasteiger partial charge >= 0.3 is 0 Å². The quantitative estimate of drug-likeness (QED) is 0.675. The van der Waals surface area contributed by atoms with Gasteiger partial charge in [-0.25, -0.2) is 0 Å². The third kappa shape index (κ3) is 4.93. The first-order chi connectivity index (χ1) is 7.86. The van der Waals surface area contributed by atoms with Crippen LogP contribution in [0.3, 0.4) is 0 Å². The third-order valence-corrected chi connectivity index (χ3v) is 1.82. The third-order valence-electron chi connectivity index (χ3n) is 1.82. The lowest BCUT2D eigenvalue weighted by atomic mass is 10.5. The van der Waals surface area contributed by atoms with Crippen molar-refractivity contribution in [1.82, 2.24) is 15.3 Å². The summed E-state index contributed by atoms with van der Waals surface area (Å²) in [7, 11) is 0. The van der Waals surface area contributed by atoms with E-state index in [2.05, 4.69) is 22.2 Å². The van der Waals surface area contributed by atoms with Crippen LogP contribution in [0.25, 0.3) is 0 Å². The number of rotatable bonds is 8. The molecule has 1 aromatic rings. The normalized spacial score (nSPS) is 10.1. The lowest BCUT2D eigenvalue weighted by Gasteiger charge is -2.07. The van der Waals surface area contributed by atoms with E-state index in [1.165, 1.54) is 0 Å². The van der Waals surface area contributed by atoms with Crippen LogP contribution in [0.15, 0.2) is 12.4 Å². The summed E-state index contributed by atoms with van der Waals surface area (Å²) < 4.78 is 10.8. The van der Waals surface area contributed by atoms with Gasteiger partial charge in [0.25, 0.3) is 0 Å². The van der Waals surface area contributed by atoms with E-state index in [0.717, 1.165) is 19.5 Å². The van der Waals surface area contributed by atoms with Gasteiger partial charge in [0.1, 0.15) is 6.61 Å². The Kier molecular flexibility index (Phi) is 6.25. The minimum Gasteiger partial charge on any atom is -0.477 e. The van der Waals surface area contributed by atoms with Gasteiger partial charge in [0.05, 0.1) is 19.0 Å². The second-order valence-electron chi connectivity index (χ2n) is 3.25. The Morgan fingerprint density at radius 2 is 1.81 bits per heavy atom. The molecule has 0 fully saturated rings. The molecule has 90 valence electrons. The van der Waals surface area contributed by atoms with Crippen molar-refractivity contribution >= 4 is 0 Å². The van der Waals surface area contributed by atoms with Gasteiger partial charge in [-0.3, -0.25) is 4.98 Å². The number of hydrogen-bond donors (Lipinski definition) is 1. The van der Waals surface area contributed by atoms with Crippen molar-refractivity contribution in [3.63, 3.8) is 0 Å². The number of hydrogen-bond acceptors (Lipinski definition) is 5. The van der Waals surface area contributed by atoms with Gasteiger partial charge in [-0.1, -0.05) is 13.8 Å². The van der Waals surface area contributed by atoms with Crippen molar-refractivity contribution in [2.45, 2.75) is 20.3 Å². The minimum atomic E-state index is 0.506. The summed E-state index contributed by atoms with van der Waals surface area (Å²) in [5.41, 5.74) is 0. The molecular formula is C11H19N3O2. The highest BCUT2D eigenvalue weighted by Gasteiger charge is 1.99. The average molecular weight is 225 g/mol. The highest BCUT2D eigenvalue weighted by atomic mass is 16.5. The van der Waals surface area contributed by atoms with Crippen molar-refractivity contribution in [3.05, 3.63) is 12.4 Å². The number of nitrogens with one attached hydrogen (secondary N) is 1. The molecule has 0 bridgehead atoms. The van der Waals surface area contributed by atoms with Crippen LogP contribution in [0.4, 0.5) is 0 Å². The van der Waals surface area contributed by atoms with Gasteiger partial charge in [0, 0.05) is 6.54 Å². The topological polar surface area (TPSA) is 56.3 Å². The molecule has 0 radical (unpaired) electrons. The highest BCUT2D eigenvalue weighted by Crippen LogP contribution is 2.10. The SMILES string of the molecule is CCCOc1cncc(OCCNCC)n1. The standard InChI is InChI=1S/C11H19N3O2/c1-3-6-15-10-8-13-9-11(14-10)16-7-5-12-4-2/h8-9,12H,3-7H2,1-2H3. The predicted molar refractivity (Wildman–Crippen MR) is 61.9 cm³/mol. The van der Waals surface area contributed by atoms with Crippen LogP contribution in [0, 0.1) is 0 Å². The zero-order valence-electron chi connectivity index (χ0n) is 9.90. The Morgan fingerprint density at radius 3 is 2.44 bits per heavy atom. The summed E-state index contributed by atoms with van der Waals surface area (Å²) in [4.78, 5) is 8.18. The molecule has 16 heavy (non-hydrogen) atoms. The Morgan fingerprint density at radius 1 is 1.12 bits per heavy atom. The first-order valence-corrected chi connectivity index (χ1v) is 5.65. The molecule has 5 nitrogen and oxygen atoms in total. The molecule has 0 aliphatic heterocycles. The lowest BCUT2D eigenvalue weighted by Crippen LogP contribution is -2.20. The van der Waals surface area contributed by atoms with Crippen LogP contribution in [-0.4, -0.2) is 36.3 Å². The van der Waals surface area contributed by atoms with E-state index in [1.54, 1.807) is 12.4 Å². The van der Waals surface area contributed by atoms with E-state index in [0.29, 0.717) is 25.0 Å². The van der Waals surface area contributed by atoms with Crippen LogP contribution in [0.2, 0.25) is 0 Å². The second-order valence-corrected chi connectivity index (χ2v) is 3.25. The van der Waals surface area contributed by atoms with Crippen molar-refractivity contribution in [2.24, 2.45) is 0 Å². The largest absolute Gasteiger partial charge is 0.477 e. The summed E-state index contributed by atoms with van der Waals surface area (Å²) in [5.74, 6) is 1.02. The van der Waals surface area contributed by atoms with Gasteiger partial charge in [-0.15, -0.1) is 0 Å². The smallest absolute Gasteiger partial charge is 0.235 e. The first kappa shape index (κ1) is 12.7. The van der Waals surface area contributed by atoms with Crippen molar-refractivity contribution < 1.29 is 9.47 Å². The molecular weight excluding hydrogens is 206 g/mol. The fraction of sp³-hybridized carbons (Fsp3) is 0.636. The zero-order chi connectivity index (χ0) is 11.6. The van der Waals surface area contributed by atoms with Crippen molar-refractivity contribution in [1.29, 1.82) is 0 Å². The molecule has 0 aliphatic carbocycles. The summed E-state index contributed by atoms with van der Waals surface area (Å²) in [6, 6.07) is 0. The zero-order valence-corrected chi connectivity index (χ0v) is 9.90. The molecule has 0 saturated heterocycles. The maximum atomic E-state index is 5.41. The molecule has 0 unspecified atom stereocenters. The fourth-order valence-electron chi connectivity index (χ4n) is 1.08. The lowest BCUT2D eigenvalue weighted by molar-refractivity contribution is 0.276. The molecule has 0 spiro atoms. The maximum absolute atomic E-state index is 5.41. The second kappa shape index (κ2) is 7.87. The van der Waals surface area contributed by atoms with Gasteiger partial charge < -0.3 is 14.8 Å². The molecule has 0 aliphatic rings. The molecule has 1 N–H and O–H groups in total. The highest BCUT2D eigenvalue weighted by molar-refractivity contribution is 5.12.